The lowest BCUT2D eigenvalue weighted by Gasteiger charge is -2.10. The molecule has 0 aliphatic rings. The number of nitrogens with one attached hydrogen (secondary N) is 1. The second kappa shape index (κ2) is 8.46. The molecule has 0 amide bonds. The number of aromatic amines is 1. The van der Waals surface area contributed by atoms with Crippen molar-refractivity contribution in [3.05, 3.63) is 59.2 Å². The summed E-state index contributed by atoms with van der Waals surface area (Å²) in [5.41, 5.74) is 2.67. The van der Waals surface area contributed by atoms with Crippen LogP contribution in [0.3, 0.4) is 0 Å². The number of rotatable bonds is 7. The van der Waals surface area contributed by atoms with Gasteiger partial charge in [0.2, 0.25) is 0 Å². The SMILES string of the molecule is COc1ccc2cc(C(=O)OCc3csc(-c4cccc(OC)c4OC)n3)[nH]c2c1. The molecule has 1 N–H and O–H groups in total. The fourth-order valence-corrected chi connectivity index (χ4v) is 3.94. The van der Waals surface area contributed by atoms with Crippen LogP contribution in [0.25, 0.3) is 21.5 Å². The molecule has 4 aromatic rings. The summed E-state index contributed by atoms with van der Waals surface area (Å²) >= 11 is 1.45. The normalized spacial score (nSPS) is 10.8. The van der Waals surface area contributed by atoms with Crippen molar-refractivity contribution in [3.8, 4) is 27.8 Å². The number of hydrogen-bond donors (Lipinski definition) is 1. The number of ether oxygens (including phenoxy) is 4. The number of H-pyrrole nitrogens is 1. The highest BCUT2D eigenvalue weighted by molar-refractivity contribution is 7.13. The number of aromatic nitrogens is 2. The Bertz CT molecular complexity index is 1200. The van der Waals surface area contributed by atoms with Gasteiger partial charge in [-0.25, -0.2) is 9.78 Å². The van der Waals surface area contributed by atoms with E-state index in [1.807, 2.05) is 41.8 Å². The van der Waals surface area contributed by atoms with E-state index in [9.17, 15) is 4.79 Å². The van der Waals surface area contributed by atoms with Crippen LogP contribution in [0, 0.1) is 0 Å². The minimum atomic E-state index is -0.446. The molecule has 8 heteroatoms. The maximum Gasteiger partial charge on any atom is 0.355 e. The van der Waals surface area contributed by atoms with E-state index in [0.29, 0.717) is 28.6 Å². The van der Waals surface area contributed by atoms with Crippen LogP contribution in [0.5, 0.6) is 17.2 Å². The van der Waals surface area contributed by atoms with Crippen molar-refractivity contribution in [1.29, 1.82) is 0 Å². The third kappa shape index (κ3) is 3.81. The van der Waals surface area contributed by atoms with Crippen LogP contribution in [0.15, 0.2) is 47.8 Å². The van der Waals surface area contributed by atoms with Crippen LogP contribution in [0.4, 0.5) is 0 Å². The zero-order chi connectivity index (χ0) is 21.1. The number of hydrogen-bond acceptors (Lipinski definition) is 7. The standard InChI is InChI=1S/C22H20N2O5S/c1-26-15-8-7-13-9-18(24-17(13)10-15)22(25)29-11-14-12-30-21(23-14)16-5-4-6-19(27-2)20(16)28-3/h4-10,12,24H,11H2,1-3H3. The lowest BCUT2D eigenvalue weighted by atomic mass is 10.2. The van der Waals surface area contributed by atoms with Gasteiger partial charge in [0.1, 0.15) is 23.1 Å². The average Bonchev–Trinajstić information content (AvgIpc) is 3.43. The molecule has 2 heterocycles. The topological polar surface area (TPSA) is 82.7 Å². The van der Waals surface area contributed by atoms with Crippen molar-refractivity contribution in [3.63, 3.8) is 0 Å². The van der Waals surface area contributed by atoms with Gasteiger partial charge < -0.3 is 23.9 Å². The van der Waals surface area contributed by atoms with Gasteiger partial charge in [-0.15, -0.1) is 11.3 Å². The van der Waals surface area contributed by atoms with E-state index in [1.165, 1.54) is 11.3 Å². The monoisotopic (exact) mass is 424 g/mol. The molecule has 0 radical (unpaired) electrons. The van der Waals surface area contributed by atoms with Gasteiger partial charge in [-0.05, 0) is 30.3 Å². The molecule has 154 valence electrons. The van der Waals surface area contributed by atoms with Gasteiger partial charge in [0.15, 0.2) is 11.5 Å². The first-order valence-electron chi connectivity index (χ1n) is 9.12. The highest BCUT2D eigenvalue weighted by Crippen LogP contribution is 2.39. The van der Waals surface area contributed by atoms with Crippen molar-refractivity contribution < 1.29 is 23.7 Å². The average molecular weight is 424 g/mol. The molecule has 0 spiro atoms. The Labute approximate surface area is 177 Å². The van der Waals surface area contributed by atoms with Crippen molar-refractivity contribution in [2.45, 2.75) is 6.61 Å². The second-order valence-corrected chi connectivity index (χ2v) is 7.26. The molecule has 0 saturated heterocycles. The van der Waals surface area contributed by atoms with Gasteiger partial charge in [-0.2, -0.15) is 0 Å². The number of thiazole rings is 1. The first-order chi connectivity index (χ1) is 14.6. The van der Waals surface area contributed by atoms with Crippen molar-refractivity contribution in [1.82, 2.24) is 9.97 Å². The molecule has 0 atom stereocenters. The number of para-hydroxylation sites is 1. The Hall–Kier alpha value is -3.52. The third-order valence-electron chi connectivity index (χ3n) is 4.59. The summed E-state index contributed by atoms with van der Waals surface area (Å²) in [5.74, 6) is 1.52. The molecule has 0 aliphatic heterocycles. The predicted octanol–water partition coefficient (Wildman–Crippen LogP) is 4.67. The number of carbonyl (C=O) groups excluding carboxylic acids is 1. The van der Waals surface area contributed by atoms with Crippen molar-refractivity contribution in [2.24, 2.45) is 0 Å². The van der Waals surface area contributed by atoms with Crippen LogP contribution < -0.4 is 14.2 Å². The van der Waals surface area contributed by atoms with Crippen molar-refractivity contribution >= 4 is 28.2 Å². The van der Waals surface area contributed by atoms with E-state index in [0.717, 1.165) is 21.5 Å². The van der Waals surface area contributed by atoms with Gasteiger partial charge in [0.25, 0.3) is 0 Å². The maximum absolute atomic E-state index is 12.5. The van der Waals surface area contributed by atoms with Gasteiger partial charge in [-0.3, -0.25) is 0 Å². The minimum absolute atomic E-state index is 0.0697. The number of esters is 1. The quantitative estimate of drug-likeness (QED) is 0.434. The summed E-state index contributed by atoms with van der Waals surface area (Å²) in [6.45, 7) is 0.0697. The van der Waals surface area contributed by atoms with Gasteiger partial charge in [0, 0.05) is 22.3 Å². The van der Waals surface area contributed by atoms with Crippen LogP contribution in [-0.4, -0.2) is 37.3 Å². The number of fused-ring (bicyclic) bond motifs is 1. The molecule has 0 fully saturated rings. The summed E-state index contributed by atoms with van der Waals surface area (Å²) in [6.07, 6.45) is 0. The van der Waals surface area contributed by atoms with Crippen LogP contribution >= 0.6 is 11.3 Å². The molecule has 7 nitrogen and oxygen atoms in total. The van der Waals surface area contributed by atoms with E-state index in [2.05, 4.69) is 9.97 Å². The first kappa shape index (κ1) is 19.8. The molecule has 0 saturated carbocycles. The fourth-order valence-electron chi connectivity index (χ4n) is 3.11. The third-order valence-corrected chi connectivity index (χ3v) is 5.51. The van der Waals surface area contributed by atoms with Gasteiger partial charge in [-0.1, -0.05) is 6.07 Å². The van der Waals surface area contributed by atoms with Gasteiger partial charge in [0.05, 0.1) is 32.6 Å². The first-order valence-corrected chi connectivity index (χ1v) is 10.0. The Kier molecular flexibility index (Phi) is 5.58. The summed E-state index contributed by atoms with van der Waals surface area (Å²) in [5, 5.41) is 3.52. The highest BCUT2D eigenvalue weighted by atomic mass is 32.1. The fraction of sp³-hybridized carbons (Fsp3) is 0.182. The van der Waals surface area contributed by atoms with Crippen LogP contribution in [0.1, 0.15) is 16.2 Å². The lowest BCUT2D eigenvalue weighted by Crippen LogP contribution is -2.05. The molecular weight excluding hydrogens is 404 g/mol. The minimum Gasteiger partial charge on any atom is -0.497 e. The highest BCUT2D eigenvalue weighted by Gasteiger charge is 2.16. The molecule has 4 rings (SSSR count). The summed E-state index contributed by atoms with van der Waals surface area (Å²) in [6, 6.07) is 12.9. The summed E-state index contributed by atoms with van der Waals surface area (Å²) in [4.78, 5) is 20.1. The number of carbonyl (C=O) groups is 1. The van der Waals surface area contributed by atoms with Crippen LogP contribution in [-0.2, 0) is 11.3 Å². The molecule has 0 aliphatic carbocycles. The van der Waals surface area contributed by atoms with Crippen LogP contribution in [0.2, 0.25) is 0 Å². The van der Waals surface area contributed by atoms with E-state index in [-0.39, 0.29) is 6.61 Å². The Balaban J connectivity index is 1.48. The summed E-state index contributed by atoms with van der Waals surface area (Å²) < 4.78 is 21.5. The Morgan fingerprint density at radius 1 is 1.07 bits per heavy atom. The molecule has 30 heavy (non-hydrogen) atoms. The number of nitrogens with zero attached hydrogens (tertiary/aromatic N) is 1. The van der Waals surface area contributed by atoms with E-state index in [1.54, 1.807) is 27.4 Å². The number of benzene rings is 2. The van der Waals surface area contributed by atoms with E-state index < -0.39 is 5.97 Å². The number of methoxy groups -OCH3 is 3. The second-order valence-electron chi connectivity index (χ2n) is 6.40. The zero-order valence-corrected chi connectivity index (χ0v) is 17.5. The van der Waals surface area contributed by atoms with Gasteiger partial charge >= 0.3 is 5.97 Å². The van der Waals surface area contributed by atoms with E-state index >= 15 is 0 Å². The maximum atomic E-state index is 12.5. The van der Waals surface area contributed by atoms with E-state index in [4.69, 9.17) is 18.9 Å². The molecular formula is C22H20N2O5S. The molecule has 0 bridgehead atoms. The smallest absolute Gasteiger partial charge is 0.355 e. The lowest BCUT2D eigenvalue weighted by molar-refractivity contribution is 0.0462. The Morgan fingerprint density at radius 2 is 1.93 bits per heavy atom. The largest absolute Gasteiger partial charge is 0.497 e. The molecule has 0 unspecified atom stereocenters. The molecule has 2 aromatic carbocycles. The zero-order valence-electron chi connectivity index (χ0n) is 16.7. The Morgan fingerprint density at radius 3 is 2.70 bits per heavy atom. The van der Waals surface area contributed by atoms with Crippen molar-refractivity contribution in [2.75, 3.05) is 21.3 Å². The summed E-state index contributed by atoms with van der Waals surface area (Å²) in [7, 11) is 4.78. The molecule has 2 aromatic heterocycles. The predicted molar refractivity (Wildman–Crippen MR) is 115 cm³/mol.